The van der Waals surface area contributed by atoms with E-state index in [0.717, 1.165) is 24.3 Å². The lowest BCUT2D eigenvalue weighted by atomic mass is 9.85. The molecular formula is C19H27N3O2. The van der Waals surface area contributed by atoms with E-state index in [1.54, 1.807) is 4.90 Å². The van der Waals surface area contributed by atoms with Gasteiger partial charge in [0.1, 0.15) is 0 Å². The topological polar surface area (TPSA) is 61.4 Å². The van der Waals surface area contributed by atoms with Crippen LogP contribution >= 0.6 is 0 Å². The molecule has 2 unspecified atom stereocenters. The standard InChI is InChI=1S/C19H27N3O2/c1-14(16-6-4-8-20-13-16)11-18(23)21-9-10-22-17-7-3-2-5-15(17)12-19(22)24/h2-3,5,7,14,16,20H,4,6,8-13H2,1H3,(H,21,23). The molecule has 0 aromatic heterocycles. The Morgan fingerprint density at radius 1 is 1.42 bits per heavy atom. The second-order valence-corrected chi connectivity index (χ2v) is 6.99. The molecule has 2 N–H and O–H groups in total. The summed E-state index contributed by atoms with van der Waals surface area (Å²) < 4.78 is 0. The van der Waals surface area contributed by atoms with Crippen LogP contribution in [0.3, 0.4) is 0 Å². The van der Waals surface area contributed by atoms with E-state index in [1.807, 2.05) is 24.3 Å². The Balaban J connectivity index is 1.43. The van der Waals surface area contributed by atoms with E-state index in [1.165, 1.54) is 12.8 Å². The third-order valence-electron chi connectivity index (χ3n) is 5.23. The number of nitrogens with one attached hydrogen (secondary N) is 2. The second-order valence-electron chi connectivity index (χ2n) is 6.99. The van der Waals surface area contributed by atoms with Crippen molar-refractivity contribution in [3.05, 3.63) is 29.8 Å². The Labute approximate surface area is 143 Å². The molecule has 5 nitrogen and oxygen atoms in total. The van der Waals surface area contributed by atoms with Gasteiger partial charge in [-0.3, -0.25) is 9.59 Å². The summed E-state index contributed by atoms with van der Waals surface area (Å²) in [5.41, 5.74) is 2.06. The SMILES string of the molecule is CC(CC(=O)NCCN1C(=O)Cc2ccccc21)C1CCCNC1. The number of hydrogen-bond donors (Lipinski definition) is 2. The van der Waals surface area contributed by atoms with Crippen LogP contribution < -0.4 is 15.5 Å². The highest BCUT2D eigenvalue weighted by Crippen LogP contribution is 2.27. The summed E-state index contributed by atoms with van der Waals surface area (Å²) in [7, 11) is 0. The van der Waals surface area contributed by atoms with Gasteiger partial charge in [-0.15, -0.1) is 0 Å². The van der Waals surface area contributed by atoms with Gasteiger partial charge in [0, 0.05) is 25.2 Å². The first-order valence-electron chi connectivity index (χ1n) is 9.01. The molecule has 2 heterocycles. The van der Waals surface area contributed by atoms with Gasteiger partial charge in [0.25, 0.3) is 0 Å². The number of fused-ring (bicyclic) bond motifs is 1. The minimum Gasteiger partial charge on any atom is -0.354 e. The van der Waals surface area contributed by atoms with Crippen molar-refractivity contribution in [1.29, 1.82) is 0 Å². The minimum absolute atomic E-state index is 0.0907. The molecular weight excluding hydrogens is 302 g/mol. The minimum atomic E-state index is 0.0907. The molecule has 130 valence electrons. The summed E-state index contributed by atoms with van der Waals surface area (Å²) in [4.78, 5) is 26.0. The van der Waals surface area contributed by atoms with E-state index in [2.05, 4.69) is 17.6 Å². The molecule has 1 saturated heterocycles. The largest absolute Gasteiger partial charge is 0.354 e. The van der Waals surface area contributed by atoms with E-state index in [-0.39, 0.29) is 11.8 Å². The maximum absolute atomic E-state index is 12.2. The molecule has 0 radical (unpaired) electrons. The molecule has 1 aromatic rings. The molecule has 1 aromatic carbocycles. The van der Waals surface area contributed by atoms with Crippen molar-refractivity contribution in [2.24, 2.45) is 11.8 Å². The number of hydrogen-bond acceptors (Lipinski definition) is 3. The number of para-hydroxylation sites is 1. The normalized spacial score (nSPS) is 21.5. The zero-order valence-electron chi connectivity index (χ0n) is 14.4. The molecule has 2 atom stereocenters. The average Bonchev–Trinajstić information content (AvgIpc) is 2.91. The number of rotatable bonds is 6. The van der Waals surface area contributed by atoms with Gasteiger partial charge in [-0.05, 0) is 49.4 Å². The predicted molar refractivity (Wildman–Crippen MR) is 94.9 cm³/mol. The summed E-state index contributed by atoms with van der Waals surface area (Å²) in [5.74, 6) is 1.20. The molecule has 0 aliphatic carbocycles. The first-order valence-corrected chi connectivity index (χ1v) is 9.01. The van der Waals surface area contributed by atoms with E-state index in [0.29, 0.717) is 37.8 Å². The quantitative estimate of drug-likeness (QED) is 0.835. The highest BCUT2D eigenvalue weighted by Gasteiger charge is 2.26. The lowest BCUT2D eigenvalue weighted by Crippen LogP contribution is -2.38. The third kappa shape index (κ3) is 3.96. The Morgan fingerprint density at radius 2 is 2.25 bits per heavy atom. The number of carbonyl (C=O) groups excluding carboxylic acids is 2. The van der Waals surface area contributed by atoms with E-state index in [4.69, 9.17) is 0 Å². The van der Waals surface area contributed by atoms with Crippen molar-refractivity contribution in [3.8, 4) is 0 Å². The van der Waals surface area contributed by atoms with Gasteiger partial charge < -0.3 is 15.5 Å². The van der Waals surface area contributed by atoms with Gasteiger partial charge in [0.2, 0.25) is 11.8 Å². The van der Waals surface area contributed by atoms with Crippen molar-refractivity contribution >= 4 is 17.5 Å². The van der Waals surface area contributed by atoms with Gasteiger partial charge >= 0.3 is 0 Å². The van der Waals surface area contributed by atoms with Crippen molar-refractivity contribution in [1.82, 2.24) is 10.6 Å². The molecule has 1 fully saturated rings. The van der Waals surface area contributed by atoms with Crippen LogP contribution in [0.15, 0.2) is 24.3 Å². The lowest BCUT2D eigenvalue weighted by Gasteiger charge is -2.28. The van der Waals surface area contributed by atoms with Crippen molar-refractivity contribution < 1.29 is 9.59 Å². The number of piperidine rings is 1. The molecule has 2 aliphatic rings. The summed E-state index contributed by atoms with van der Waals surface area (Å²) >= 11 is 0. The van der Waals surface area contributed by atoms with E-state index in [9.17, 15) is 9.59 Å². The molecule has 0 spiro atoms. The van der Waals surface area contributed by atoms with Crippen molar-refractivity contribution in [3.63, 3.8) is 0 Å². The highest BCUT2D eigenvalue weighted by molar-refractivity contribution is 6.01. The number of anilines is 1. The van der Waals surface area contributed by atoms with Gasteiger partial charge in [-0.2, -0.15) is 0 Å². The van der Waals surface area contributed by atoms with Crippen LogP contribution in [-0.2, 0) is 16.0 Å². The highest BCUT2D eigenvalue weighted by atomic mass is 16.2. The number of nitrogens with zero attached hydrogens (tertiary/aromatic N) is 1. The Morgan fingerprint density at radius 3 is 3.04 bits per heavy atom. The van der Waals surface area contributed by atoms with Crippen LogP contribution in [-0.4, -0.2) is 38.0 Å². The molecule has 5 heteroatoms. The zero-order valence-corrected chi connectivity index (χ0v) is 14.4. The average molecular weight is 329 g/mol. The van der Waals surface area contributed by atoms with Crippen molar-refractivity contribution in [2.75, 3.05) is 31.1 Å². The summed E-state index contributed by atoms with van der Waals surface area (Å²) in [5, 5.41) is 6.39. The summed E-state index contributed by atoms with van der Waals surface area (Å²) in [6, 6.07) is 7.87. The van der Waals surface area contributed by atoms with Gasteiger partial charge in [-0.1, -0.05) is 25.1 Å². The fourth-order valence-electron chi connectivity index (χ4n) is 3.76. The number of benzene rings is 1. The molecule has 0 saturated carbocycles. The first-order chi connectivity index (χ1) is 11.6. The Bertz CT molecular complexity index is 596. The monoisotopic (exact) mass is 329 g/mol. The number of carbonyl (C=O) groups is 2. The Kier molecular flexibility index (Phi) is 5.51. The van der Waals surface area contributed by atoms with E-state index < -0.39 is 0 Å². The Hall–Kier alpha value is -1.88. The van der Waals surface area contributed by atoms with Gasteiger partial charge in [0.15, 0.2) is 0 Å². The van der Waals surface area contributed by atoms with Crippen molar-refractivity contribution in [2.45, 2.75) is 32.6 Å². The summed E-state index contributed by atoms with van der Waals surface area (Å²) in [6.45, 7) is 5.33. The van der Waals surface area contributed by atoms with Crippen LogP contribution in [0.25, 0.3) is 0 Å². The van der Waals surface area contributed by atoms with Gasteiger partial charge in [0.05, 0.1) is 6.42 Å². The fourth-order valence-corrected chi connectivity index (χ4v) is 3.76. The molecule has 3 rings (SSSR count). The first kappa shape index (κ1) is 17.0. The van der Waals surface area contributed by atoms with Crippen LogP contribution in [0, 0.1) is 11.8 Å². The molecule has 0 bridgehead atoms. The third-order valence-corrected chi connectivity index (χ3v) is 5.23. The molecule has 2 amide bonds. The number of amides is 2. The summed E-state index contributed by atoms with van der Waals surface area (Å²) in [6.07, 6.45) is 3.44. The predicted octanol–water partition coefficient (Wildman–Crippen LogP) is 1.72. The van der Waals surface area contributed by atoms with Crippen LogP contribution in [0.4, 0.5) is 5.69 Å². The maximum Gasteiger partial charge on any atom is 0.231 e. The lowest BCUT2D eigenvalue weighted by molar-refractivity contribution is -0.122. The van der Waals surface area contributed by atoms with E-state index >= 15 is 0 Å². The fraction of sp³-hybridized carbons (Fsp3) is 0.579. The smallest absolute Gasteiger partial charge is 0.231 e. The van der Waals surface area contributed by atoms with Crippen LogP contribution in [0.1, 0.15) is 31.7 Å². The van der Waals surface area contributed by atoms with Gasteiger partial charge in [-0.25, -0.2) is 0 Å². The van der Waals surface area contributed by atoms with Crippen LogP contribution in [0.5, 0.6) is 0 Å². The molecule has 24 heavy (non-hydrogen) atoms. The molecule has 2 aliphatic heterocycles. The van der Waals surface area contributed by atoms with Crippen LogP contribution in [0.2, 0.25) is 0 Å². The zero-order chi connectivity index (χ0) is 16.9. The second kappa shape index (κ2) is 7.79. The maximum atomic E-state index is 12.2.